The predicted octanol–water partition coefficient (Wildman–Crippen LogP) is 2.66. The average Bonchev–Trinajstić information content (AvgIpc) is 3.64. The number of epoxide rings is 1. The molecule has 5 rings (SSSR count). The summed E-state index contributed by atoms with van der Waals surface area (Å²) in [5.41, 5.74) is -0.971. The lowest BCUT2D eigenvalue weighted by atomic mass is 9.51. The lowest BCUT2D eigenvalue weighted by Gasteiger charge is -2.59. The van der Waals surface area contributed by atoms with E-state index in [1.165, 1.54) is 37.3 Å². The van der Waals surface area contributed by atoms with Crippen molar-refractivity contribution in [1.82, 2.24) is 0 Å². The first-order chi connectivity index (χ1) is 18.5. The van der Waals surface area contributed by atoms with E-state index in [9.17, 15) is 19.2 Å². The third-order valence-corrected chi connectivity index (χ3v) is 9.01. The third-order valence-electron chi connectivity index (χ3n) is 9.01. The Balaban J connectivity index is 1.57. The van der Waals surface area contributed by atoms with Crippen molar-refractivity contribution in [3.8, 4) is 0 Å². The van der Waals surface area contributed by atoms with E-state index < -0.39 is 58.6 Å². The summed E-state index contributed by atoms with van der Waals surface area (Å²) >= 11 is 0. The maximum absolute atomic E-state index is 13.0. The Morgan fingerprint density at radius 3 is 2.41 bits per heavy atom. The normalized spacial score (nSPS) is 43.2. The SMILES string of the molecule is CC(=O)O[C@H]1C[C@@]23COC(=O)/C=C(/C)CCOC(=O)/C=C\C=C/C(=O)O[C@@H]4C[C@@H](O[C@@H]2C=C1C)[C@@]1(CO1)[C@]43C. The highest BCUT2D eigenvalue weighted by molar-refractivity contribution is 5.85. The van der Waals surface area contributed by atoms with Crippen molar-refractivity contribution in [3.63, 3.8) is 0 Å². The van der Waals surface area contributed by atoms with Gasteiger partial charge >= 0.3 is 23.9 Å². The van der Waals surface area contributed by atoms with Gasteiger partial charge < -0.3 is 28.4 Å². The molecule has 0 unspecified atom stereocenters. The smallest absolute Gasteiger partial charge is 0.331 e. The number of esters is 4. The first-order valence-corrected chi connectivity index (χ1v) is 13.2. The van der Waals surface area contributed by atoms with Crippen molar-refractivity contribution in [2.24, 2.45) is 10.8 Å². The van der Waals surface area contributed by atoms with Gasteiger partial charge in [0.2, 0.25) is 0 Å². The summed E-state index contributed by atoms with van der Waals surface area (Å²) in [5, 5.41) is 0. The van der Waals surface area contributed by atoms with Crippen LogP contribution in [0.15, 0.2) is 47.6 Å². The number of ether oxygens (including phenoxy) is 6. The monoisotopic (exact) mass is 542 g/mol. The number of allylic oxidation sites excluding steroid dienone is 2. The van der Waals surface area contributed by atoms with Crippen molar-refractivity contribution in [2.75, 3.05) is 19.8 Å². The molecule has 0 amide bonds. The van der Waals surface area contributed by atoms with Crippen LogP contribution in [0.2, 0.25) is 0 Å². The highest BCUT2D eigenvalue weighted by Crippen LogP contribution is 2.72. The van der Waals surface area contributed by atoms with Crippen LogP contribution in [-0.4, -0.2) is 73.7 Å². The van der Waals surface area contributed by atoms with Crippen LogP contribution in [0.25, 0.3) is 0 Å². The lowest BCUT2D eigenvalue weighted by Crippen LogP contribution is -2.68. The van der Waals surface area contributed by atoms with Gasteiger partial charge in [-0.2, -0.15) is 0 Å². The molecule has 3 heterocycles. The van der Waals surface area contributed by atoms with Gasteiger partial charge in [0.25, 0.3) is 0 Å². The topological polar surface area (TPSA) is 127 Å². The summed E-state index contributed by atoms with van der Waals surface area (Å²) in [4.78, 5) is 49.8. The standard InChI is InChI=1S/C29H34O10/c1-17-9-10-34-24(31)7-5-6-8-25(32)39-21-13-23-29(16-36-29)27(21,4)28(15-35-26(33)11-17)14-20(37-19(3)30)18(2)12-22(28)38-23/h5-8,11-12,20-23H,9-10,13-16H2,1-4H3/b7-5-,8-6-,17-11-/t20-,21+,22+,23+,27+,28+,29-/m0/s1. The van der Waals surface area contributed by atoms with E-state index in [4.69, 9.17) is 28.4 Å². The second kappa shape index (κ2) is 10.1. The molecule has 210 valence electrons. The fourth-order valence-corrected chi connectivity index (χ4v) is 6.78. The van der Waals surface area contributed by atoms with E-state index in [0.29, 0.717) is 31.4 Å². The van der Waals surface area contributed by atoms with Gasteiger partial charge in [0.05, 0.1) is 36.3 Å². The molecule has 10 heteroatoms. The van der Waals surface area contributed by atoms with Gasteiger partial charge in [-0.05, 0) is 19.4 Å². The molecule has 0 radical (unpaired) electrons. The molecule has 2 saturated heterocycles. The van der Waals surface area contributed by atoms with E-state index in [1.54, 1.807) is 6.92 Å². The molecule has 10 nitrogen and oxygen atoms in total. The van der Waals surface area contributed by atoms with Gasteiger partial charge in [-0.15, -0.1) is 0 Å². The molecule has 39 heavy (non-hydrogen) atoms. The second-order valence-electron chi connectivity index (χ2n) is 11.2. The molecule has 0 aromatic heterocycles. The number of rotatable bonds is 1. The van der Waals surface area contributed by atoms with Crippen LogP contribution < -0.4 is 0 Å². The molecule has 5 aliphatic rings. The second-order valence-corrected chi connectivity index (χ2v) is 11.2. The van der Waals surface area contributed by atoms with Crippen LogP contribution in [0, 0.1) is 10.8 Å². The van der Waals surface area contributed by atoms with Crippen molar-refractivity contribution < 1.29 is 47.6 Å². The molecule has 3 fully saturated rings. The third kappa shape index (κ3) is 4.63. The number of cyclic esters (lactones) is 2. The molecule has 2 bridgehead atoms. The molecule has 7 atom stereocenters. The van der Waals surface area contributed by atoms with Crippen molar-refractivity contribution in [2.45, 2.75) is 77.0 Å². The molecular formula is C29H34O10. The zero-order valence-corrected chi connectivity index (χ0v) is 22.6. The molecule has 2 spiro atoms. The van der Waals surface area contributed by atoms with Gasteiger partial charge in [0.1, 0.15) is 24.4 Å². The Labute approximate surface area is 226 Å². The molecule has 2 aliphatic carbocycles. The predicted molar refractivity (Wildman–Crippen MR) is 135 cm³/mol. The maximum Gasteiger partial charge on any atom is 0.331 e. The van der Waals surface area contributed by atoms with Crippen LogP contribution in [0.3, 0.4) is 0 Å². The minimum atomic E-state index is -0.928. The number of hydrogen-bond acceptors (Lipinski definition) is 10. The Kier molecular flexibility index (Phi) is 7.05. The Morgan fingerprint density at radius 2 is 1.72 bits per heavy atom. The fourth-order valence-electron chi connectivity index (χ4n) is 6.78. The minimum absolute atomic E-state index is 0.0717. The van der Waals surface area contributed by atoms with Crippen molar-refractivity contribution in [3.05, 3.63) is 47.6 Å². The van der Waals surface area contributed by atoms with Gasteiger partial charge in [-0.25, -0.2) is 14.4 Å². The quantitative estimate of drug-likeness (QED) is 0.211. The first kappa shape index (κ1) is 27.3. The van der Waals surface area contributed by atoms with Crippen molar-refractivity contribution >= 4 is 23.9 Å². The van der Waals surface area contributed by atoms with Crippen LogP contribution in [-0.2, 0) is 47.6 Å². The Morgan fingerprint density at radius 1 is 1.00 bits per heavy atom. The van der Waals surface area contributed by atoms with E-state index in [-0.39, 0.29) is 19.3 Å². The number of carbonyl (C=O) groups is 4. The highest BCUT2D eigenvalue weighted by atomic mass is 16.6. The van der Waals surface area contributed by atoms with Gasteiger partial charge in [0.15, 0.2) is 0 Å². The molecule has 3 aliphatic heterocycles. The summed E-state index contributed by atoms with van der Waals surface area (Å²) in [5.74, 6) is -2.15. The van der Waals surface area contributed by atoms with E-state index in [2.05, 4.69) is 0 Å². The summed E-state index contributed by atoms with van der Waals surface area (Å²) in [6, 6.07) is 0. The van der Waals surface area contributed by atoms with Crippen molar-refractivity contribution in [1.29, 1.82) is 0 Å². The first-order valence-electron chi connectivity index (χ1n) is 13.2. The molecule has 1 saturated carbocycles. The molecular weight excluding hydrogens is 508 g/mol. The Bertz CT molecular complexity index is 1190. The molecule has 0 N–H and O–H groups in total. The zero-order chi connectivity index (χ0) is 28.0. The highest BCUT2D eigenvalue weighted by Gasteiger charge is 2.83. The zero-order valence-electron chi connectivity index (χ0n) is 22.6. The summed E-state index contributed by atoms with van der Waals surface area (Å²) < 4.78 is 35.4. The van der Waals surface area contributed by atoms with Gasteiger partial charge in [-0.1, -0.05) is 30.7 Å². The summed E-state index contributed by atoms with van der Waals surface area (Å²) in [6.45, 7) is 7.41. The van der Waals surface area contributed by atoms with Gasteiger partial charge in [0, 0.05) is 44.4 Å². The van der Waals surface area contributed by atoms with E-state index >= 15 is 0 Å². The minimum Gasteiger partial charge on any atom is -0.462 e. The number of hydrogen-bond donors (Lipinski definition) is 0. The van der Waals surface area contributed by atoms with Crippen LogP contribution in [0.4, 0.5) is 0 Å². The molecule has 0 aromatic carbocycles. The average molecular weight is 543 g/mol. The summed E-state index contributed by atoms with van der Waals surface area (Å²) in [7, 11) is 0. The van der Waals surface area contributed by atoms with Crippen LogP contribution in [0.5, 0.6) is 0 Å². The van der Waals surface area contributed by atoms with Crippen LogP contribution in [0.1, 0.15) is 47.0 Å². The summed E-state index contributed by atoms with van der Waals surface area (Å²) in [6.07, 6.45) is 7.59. The van der Waals surface area contributed by atoms with Gasteiger partial charge in [-0.3, -0.25) is 4.79 Å². The van der Waals surface area contributed by atoms with E-state index in [1.807, 2.05) is 19.9 Å². The van der Waals surface area contributed by atoms with E-state index in [0.717, 1.165) is 5.57 Å². The number of carbonyl (C=O) groups excluding carboxylic acids is 4. The fraction of sp³-hybridized carbons (Fsp3) is 0.586. The maximum atomic E-state index is 13.0. The lowest BCUT2D eigenvalue weighted by molar-refractivity contribution is -0.239. The Hall–Kier alpha value is -3.24. The van der Waals surface area contributed by atoms with Crippen LogP contribution >= 0.6 is 0 Å². The molecule has 0 aromatic rings. The largest absolute Gasteiger partial charge is 0.462 e.